The lowest BCUT2D eigenvalue weighted by Crippen LogP contribution is -2.03. The summed E-state index contributed by atoms with van der Waals surface area (Å²) in [5.74, 6) is 0.334. The molecule has 1 rings (SSSR count). The number of allylic oxidation sites excluding steroid dienone is 1. The van der Waals surface area contributed by atoms with Gasteiger partial charge in [0.25, 0.3) is 0 Å². The highest BCUT2D eigenvalue weighted by atomic mass is 16.5. The van der Waals surface area contributed by atoms with E-state index in [2.05, 4.69) is 15.0 Å². The fourth-order valence-corrected chi connectivity index (χ4v) is 1.09. The Balaban J connectivity index is 2.70. The third-order valence-electron chi connectivity index (χ3n) is 1.75. The molecule has 1 aromatic heterocycles. The molecule has 0 aromatic carbocycles. The van der Waals surface area contributed by atoms with Gasteiger partial charge in [0.1, 0.15) is 5.82 Å². The molecule has 80 valence electrons. The second kappa shape index (κ2) is 5.14. The molecule has 1 heterocycles. The smallest absolute Gasteiger partial charge is 0.332 e. The Morgan fingerprint density at radius 2 is 2.27 bits per heavy atom. The van der Waals surface area contributed by atoms with Gasteiger partial charge in [-0.1, -0.05) is 6.07 Å². The Bertz CT molecular complexity index is 386. The summed E-state index contributed by atoms with van der Waals surface area (Å²) in [6.45, 7) is 3.69. The molecule has 0 atom stereocenters. The van der Waals surface area contributed by atoms with Crippen LogP contribution in [0.5, 0.6) is 0 Å². The second-order valence-corrected chi connectivity index (χ2v) is 3.14. The first-order valence-corrected chi connectivity index (χ1v) is 4.59. The number of anilines is 1. The first-order valence-electron chi connectivity index (χ1n) is 4.59. The maximum atomic E-state index is 10.9. The minimum absolute atomic E-state index is 0.382. The number of hydrogen-bond acceptors (Lipinski definition) is 4. The normalized spacial score (nSPS) is 11.0. The number of carbonyl (C=O) groups is 1. The molecule has 0 saturated heterocycles. The molecule has 0 aliphatic heterocycles. The van der Waals surface area contributed by atoms with Crippen molar-refractivity contribution >= 4 is 11.8 Å². The van der Waals surface area contributed by atoms with Crippen LogP contribution in [0.4, 0.5) is 5.82 Å². The van der Waals surface area contributed by atoms with Crippen LogP contribution < -0.4 is 5.32 Å². The van der Waals surface area contributed by atoms with E-state index in [1.54, 1.807) is 6.92 Å². The van der Waals surface area contributed by atoms with Crippen molar-refractivity contribution in [3.8, 4) is 0 Å². The lowest BCUT2D eigenvalue weighted by Gasteiger charge is -2.05. The number of hydrogen-bond donors (Lipinski definition) is 1. The van der Waals surface area contributed by atoms with Gasteiger partial charge in [0.05, 0.1) is 7.11 Å². The molecule has 0 aliphatic carbocycles. The molecule has 0 unspecified atom stereocenters. The summed E-state index contributed by atoms with van der Waals surface area (Å²) in [5, 5.41) is 3.00. The van der Waals surface area contributed by atoms with E-state index < -0.39 is 0 Å². The van der Waals surface area contributed by atoms with Crippen molar-refractivity contribution in [3.05, 3.63) is 35.7 Å². The van der Waals surface area contributed by atoms with Crippen LogP contribution in [-0.2, 0) is 9.53 Å². The van der Waals surface area contributed by atoms with Gasteiger partial charge in [0.15, 0.2) is 0 Å². The van der Waals surface area contributed by atoms with Crippen LogP contribution in [0.1, 0.15) is 12.6 Å². The van der Waals surface area contributed by atoms with E-state index >= 15 is 0 Å². The zero-order valence-electron chi connectivity index (χ0n) is 9.07. The van der Waals surface area contributed by atoms with Gasteiger partial charge in [-0.2, -0.15) is 0 Å². The Morgan fingerprint density at radius 1 is 1.53 bits per heavy atom. The van der Waals surface area contributed by atoms with E-state index in [9.17, 15) is 4.79 Å². The maximum Gasteiger partial charge on any atom is 0.332 e. The summed E-state index contributed by atoms with van der Waals surface area (Å²) in [6, 6.07) is 5.64. The molecular weight excluding hydrogens is 192 g/mol. The van der Waals surface area contributed by atoms with Gasteiger partial charge in [-0.3, -0.25) is 0 Å². The Kier molecular flexibility index (Phi) is 3.85. The zero-order valence-corrected chi connectivity index (χ0v) is 9.07. The minimum atomic E-state index is -0.382. The van der Waals surface area contributed by atoms with E-state index in [0.29, 0.717) is 11.5 Å². The highest BCUT2D eigenvalue weighted by molar-refractivity contribution is 5.83. The van der Waals surface area contributed by atoms with Crippen molar-refractivity contribution in [1.82, 2.24) is 4.98 Å². The minimum Gasteiger partial charge on any atom is -0.466 e. The highest BCUT2D eigenvalue weighted by Crippen LogP contribution is 2.07. The number of aromatic nitrogens is 1. The van der Waals surface area contributed by atoms with Gasteiger partial charge in [0.2, 0.25) is 0 Å². The highest BCUT2D eigenvalue weighted by Gasteiger charge is 1.98. The lowest BCUT2D eigenvalue weighted by molar-refractivity contribution is -0.134. The molecule has 0 aliphatic rings. The van der Waals surface area contributed by atoms with Gasteiger partial charge in [-0.05, 0) is 26.0 Å². The quantitative estimate of drug-likeness (QED) is 0.606. The van der Waals surface area contributed by atoms with Crippen molar-refractivity contribution in [2.45, 2.75) is 13.8 Å². The number of nitrogens with one attached hydrogen (secondary N) is 1. The largest absolute Gasteiger partial charge is 0.466 e. The second-order valence-electron chi connectivity index (χ2n) is 3.14. The van der Waals surface area contributed by atoms with Crippen LogP contribution >= 0.6 is 0 Å². The van der Waals surface area contributed by atoms with Crippen LogP contribution in [-0.4, -0.2) is 18.1 Å². The number of pyridine rings is 1. The topological polar surface area (TPSA) is 51.2 Å². The molecular formula is C11H14N2O2. The number of rotatable bonds is 3. The molecule has 0 saturated carbocycles. The summed E-state index contributed by atoms with van der Waals surface area (Å²) < 4.78 is 4.51. The summed E-state index contributed by atoms with van der Waals surface area (Å²) in [7, 11) is 1.34. The fourth-order valence-electron chi connectivity index (χ4n) is 1.09. The van der Waals surface area contributed by atoms with Crippen LogP contribution in [0, 0.1) is 6.92 Å². The van der Waals surface area contributed by atoms with E-state index in [1.807, 2.05) is 25.1 Å². The van der Waals surface area contributed by atoms with E-state index in [1.165, 1.54) is 13.2 Å². The van der Waals surface area contributed by atoms with Gasteiger partial charge < -0.3 is 10.1 Å². The van der Waals surface area contributed by atoms with E-state index in [0.717, 1.165) is 5.69 Å². The Morgan fingerprint density at radius 3 is 2.87 bits per heavy atom. The molecule has 0 amide bonds. The van der Waals surface area contributed by atoms with Gasteiger partial charge in [-0.15, -0.1) is 0 Å². The number of nitrogens with zero attached hydrogens (tertiary/aromatic N) is 1. The van der Waals surface area contributed by atoms with Gasteiger partial charge >= 0.3 is 5.97 Å². The molecule has 0 spiro atoms. The third-order valence-corrected chi connectivity index (χ3v) is 1.75. The molecule has 0 fully saturated rings. The molecule has 4 nitrogen and oxygen atoms in total. The summed E-state index contributed by atoms with van der Waals surface area (Å²) in [4.78, 5) is 15.2. The standard InChI is InChI=1S/C11H14N2O2/c1-8-5-4-6-10(12-8)13-9(2)7-11(14)15-3/h4-7H,1-3H3,(H,12,13)/b9-7-. The molecule has 0 bridgehead atoms. The first kappa shape index (κ1) is 11.2. The van der Waals surface area contributed by atoms with Crippen LogP contribution in [0.3, 0.4) is 0 Å². The SMILES string of the molecule is COC(=O)/C=C(/C)Nc1cccc(C)n1. The molecule has 1 aromatic rings. The molecule has 0 radical (unpaired) electrons. The van der Waals surface area contributed by atoms with Crippen LogP contribution in [0.25, 0.3) is 0 Å². The predicted molar refractivity (Wildman–Crippen MR) is 58.4 cm³/mol. The number of carbonyl (C=O) groups excluding carboxylic acids is 1. The lowest BCUT2D eigenvalue weighted by atomic mass is 10.3. The fraction of sp³-hybridized carbons (Fsp3) is 0.273. The van der Waals surface area contributed by atoms with E-state index in [4.69, 9.17) is 0 Å². The van der Waals surface area contributed by atoms with Gasteiger partial charge in [-0.25, -0.2) is 9.78 Å². The van der Waals surface area contributed by atoms with Crippen molar-refractivity contribution in [2.24, 2.45) is 0 Å². The van der Waals surface area contributed by atoms with Crippen molar-refractivity contribution in [3.63, 3.8) is 0 Å². The average Bonchev–Trinajstić information content (AvgIpc) is 2.17. The first-order chi connectivity index (χ1) is 7.11. The number of aryl methyl sites for hydroxylation is 1. The van der Waals surface area contributed by atoms with Crippen molar-refractivity contribution in [2.75, 3.05) is 12.4 Å². The Labute approximate surface area is 89.0 Å². The maximum absolute atomic E-state index is 10.9. The summed E-state index contributed by atoms with van der Waals surface area (Å²) >= 11 is 0. The van der Waals surface area contributed by atoms with Crippen molar-refractivity contribution < 1.29 is 9.53 Å². The Hall–Kier alpha value is -1.84. The molecule has 1 N–H and O–H groups in total. The van der Waals surface area contributed by atoms with Crippen molar-refractivity contribution in [1.29, 1.82) is 0 Å². The monoisotopic (exact) mass is 206 g/mol. The number of ether oxygens (including phenoxy) is 1. The number of esters is 1. The van der Waals surface area contributed by atoms with E-state index in [-0.39, 0.29) is 5.97 Å². The van der Waals surface area contributed by atoms with Crippen LogP contribution in [0.2, 0.25) is 0 Å². The predicted octanol–water partition coefficient (Wildman–Crippen LogP) is 1.88. The molecule has 4 heteroatoms. The average molecular weight is 206 g/mol. The zero-order chi connectivity index (χ0) is 11.3. The number of methoxy groups -OCH3 is 1. The summed E-state index contributed by atoms with van der Waals surface area (Å²) in [5.41, 5.74) is 1.62. The molecule has 15 heavy (non-hydrogen) atoms. The third kappa shape index (κ3) is 3.81. The summed E-state index contributed by atoms with van der Waals surface area (Å²) in [6.07, 6.45) is 1.38. The van der Waals surface area contributed by atoms with Crippen LogP contribution in [0.15, 0.2) is 30.0 Å². The van der Waals surface area contributed by atoms with Gasteiger partial charge in [0, 0.05) is 17.5 Å².